The summed E-state index contributed by atoms with van der Waals surface area (Å²) in [6, 6.07) is 8.40. The Bertz CT molecular complexity index is 725. The summed E-state index contributed by atoms with van der Waals surface area (Å²) in [6.45, 7) is 8.91. The van der Waals surface area contributed by atoms with Crippen molar-refractivity contribution in [2.45, 2.75) is 39.7 Å². The molecule has 1 saturated heterocycles. The van der Waals surface area contributed by atoms with Crippen LogP contribution in [0.2, 0.25) is 0 Å². The van der Waals surface area contributed by atoms with E-state index >= 15 is 0 Å². The van der Waals surface area contributed by atoms with Gasteiger partial charge in [-0.1, -0.05) is 24.3 Å². The van der Waals surface area contributed by atoms with Gasteiger partial charge in [-0.2, -0.15) is 0 Å². The molecule has 1 fully saturated rings. The van der Waals surface area contributed by atoms with Crippen molar-refractivity contribution in [3.8, 4) is 0 Å². The second-order valence-electron chi connectivity index (χ2n) is 6.61. The number of hydrogen-bond acceptors (Lipinski definition) is 4. The van der Waals surface area contributed by atoms with Gasteiger partial charge in [0.1, 0.15) is 0 Å². The number of hydrogen-bond donors (Lipinski definition) is 2. The molecule has 0 radical (unpaired) electrons. The molecule has 1 aromatic carbocycles. The maximum absolute atomic E-state index is 4.78. The zero-order chi connectivity index (χ0) is 18.2. The lowest BCUT2D eigenvalue weighted by Gasteiger charge is -2.12. The molecule has 2 heterocycles. The topological polar surface area (TPSA) is 52.6 Å². The zero-order valence-corrected chi connectivity index (χ0v) is 19.3. The van der Waals surface area contributed by atoms with Crippen LogP contribution in [0.3, 0.4) is 0 Å². The number of guanidine groups is 1. The van der Waals surface area contributed by atoms with E-state index in [-0.39, 0.29) is 24.0 Å². The van der Waals surface area contributed by atoms with Crippen molar-refractivity contribution in [3.05, 3.63) is 46.5 Å². The van der Waals surface area contributed by atoms with Crippen molar-refractivity contribution in [2.24, 2.45) is 4.99 Å². The number of nitrogens with one attached hydrogen (secondary N) is 2. The molecular formula is C20H30IN5S. The lowest BCUT2D eigenvalue weighted by molar-refractivity contribution is 0.789. The summed E-state index contributed by atoms with van der Waals surface area (Å²) in [5, 5.41) is 10.1. The molecule has 2 N–H and O–H groups in total. The Morgan fingerprint density at radius 3 is 2.74 bits per heavy atom. The van der Waals surface area contributed by atoms with Crippen LogP contribution in [0.5, 0.6) is 0 Å². The van der Waals surface area contributed by atoms with Crippen LogP contribution in [0.4, 0.5) is 5.13 Å². The summed E-state index contributed by atoms with van der Waals surface area (Å²) in [4.78, 5) is 11.9. The molecule has 0 saturated carbocycles. The van der Waals surface area contributed by atoms with Crippen molar-refractivity contribution in [3.63, 3.8) is 0 Å². The Morgan fingerprint density at radius 1 is 1.22 bits per heavy atom. The molecule has 0 aliphatic carbocycles. The molecule has 7 heteroatoms. The molecular weight excluding hydrogens is 469 g/mol. The first-order chi connectivity index (χ1) is 12.8. The van der Waals surface area contributed by atoms with Gasteiger partial charge in [0.2, 0.25) is 0 Å². The number of aromatic nitrogens is 1. The molecule has 27 heavy (non-hydrogen) atoms. The summed E-state index contributed by atoms with van der Waals surface area (Å²) in [5.41, 5.74) is 3.71. The highest BCUT2D eigenvalue weighted by molar-refractivity contribution is 14.0. The Kier molecular flexibility index (Phi) is 9.33. The smallest absolute Gasteiger partial charge is 0.191 e. The molecule has 5 nitrogen and oxygen atoms in total. The second kappa shape index (κ2) is 11.5. The van der Waals surface area contributed by atoms with Crippen molar-refractivity contribution in [2.75, 3.05) is 31.1 Å². The average molecular weight is 499 g/mol. The first-order valence-electron chi connectivity index (χ1n) is 9.52. The fraction of sp³-hybridized carbons (Fsp3) is 0.500. The van der Waals surface area contributed by atoms with Crippen molar-refractivity contribution in [1.82, 2.24) is 15.6 Å². The first kappa shape index (κ1) is 21.9. The number of thiazole rings is 1. The lowest BCUT2D eigenvalue weighted by Crippen LogP contribution is -2.38. The fourth-order valence-corrected chi connectivity index (χ4v) is 3.98. The summed E-state index contributed by atoms with van der Waals surface area (Å²) in [6.07, 6.45) is 3.50. The van der Waals surface area contributed by atoms with E-state index in [9.17, 15) is 0 Å². The number of aliphatic imine (C=N–C) groups is 1. The quantitative estimate of drug-likeness (QED) is 0.344. The molecule has 0 amide bonds. The Balaban J connectivity index is 0.00000261. The van der Waals surface area contributed by atoms with Crippen LogP contribution >= 0.6 is 35.3 Å². The highest BCUT2D eigenvalue weighted by Crippen LogP contribution is 2.24. The highest BCUT2D eigenvalue weighted by Gasteiger charge is 2.15. The van der Waals surface area contributed by atoms with Crippen LogP contribution in [-0.2, 0) is 13.0 Å². The van der Waals surface area contributed by atoms with Crippen molar-refractivity contribution < 1.29 is 0 Å². The van der Waals surface area contributed by atoms with Crippen LogP contribution in [0.15, 0.2) is 34.6 Å². The van der Waals surface area contributed by atoms with E-state index in [4.69, 9.17) is 9.98 Å². The number of rotatable bonds is 7. The Labute approximate surface area is 183 Å². The Morgan fingerprint density at radius 2 is 2.00 bits per heavy atom. The molecule has 0 spiro atoms. The Hall–Kier alpha value is -1.35. The maximum atomic E-state index is 4.78. The highest BCUT2D eigenvalue weighted by atomic mass is 127. The largest absolute Gasteiger partial charge is 0.357 e. The van der Waals surface area contributed by atoms with Crippen LogP contribution in [-0.4, -0.2) is 37.1 Å². The third kappa shape index (κ3) is 6.64. The summed E-state index contributed by atoms with van der Waals surface area (Å²) in [5.74, 6) is 0.866. The molecule has 0 unspecified atom stereocenters. The predicted molar refractivity (Wildman–Crippen MR) is 127 cm³/mol. The van der Waals surface area contributed by atoms with Gasteiger partial charge in [0.05, 0.1) is 12.2 Å². The number of aryl methyl sites for hydroxylation is 1. The normalized spacial score (nSPS) is 14.1. The van der Waals surface area contributed by atoms with Gasteiger partial charge in [-0.15, -0.1) is 35.3 Å². The van der Waals surface area contributed by atoms with Crippen molar-refractivity contribution >= 4 is 46.4 Å². The average Bonchev–Trinajstić information content (AvgIpc) is 3.32. The van der Waals surface area contributed by atoms with Crippen LogP contribution in [0.25, 0.3) is 0 Å². The van der Waals surface area contributed by atoms with E-state index in [0.29, 0.717) is 6.54 Å². The molecule has 148 valence electrons. The fourth-order valence-electron chi connectivity index (χ4n) is 3.07. The van der Waals surface area contributed by atoms with E-state index in [0.717, 1.165) is 38.6 Å². The number of benzene rings is 1. The van der Waals surface area contributed by atoms with Gasteiger partial charge >= 0.3 is 0 Å². The number of halogens is 1. The lowest BCUT2D eigenvalue weighted by atomic mass is 10.1. The third-order valence-corrected chi connectivity index (χ3v) is 5.55. The predicted octanol–water partition coefficient (Wildman–Crippen LogP) is 3.97. The zero-order valence-electron chi connectivity index (χ0n) is 16.2. The van der Waals surface area contributed by atoms with Gasteiger partial charge in [0.25, 0.3) is 0 Å². The maximum Gasteiger partial charge on any atom is 0.191 e. The van der Waals surface area contributed by atoms with E-state index < -0.39 is 0 Å². The standard InChI is InChI=1S/C20H29N5S.HI/c1-3-21-19(23-14-17-9-5-4-8-16(17)2)22-11-10-18-15-26-20(24-18)25-12-6-7-13-25;/h4-5,8-9,15H,3,6-7,10-14H2,1-2H3,(H2,21,22,23);1H. The second-order valence-corrected chi connectivity index (χ2v) is 7.45. The van der Waals surface area contributed by atoms with Crippen LogP contribution in [0.1, 0.15) is 36.6 Å². The van der Waals surface area contributed by atoms with Gasteiger partial charge in [-0.3, -0.25) is 0 Å². The minimum Gasteiger partial charge on any atom is -0.357 e. The minimum atomic E-state index is 0. The molecule has 3 rings (SSSR count). The molecule has 2 aromatic rings. The molecule has 1 aromatic heterocycles. The van der Waals surface area contributed by atoms with Gasteiger partial charge in [-0.05, 0) is 37.8 Å². The van der Waals surface area contributed by atoms with E-state index in [1.165, 1.54) is 34.8 Å². The third-order valence-electron chi connectivity index (χ3n) is 4.60. The van der Waals surface area contributed by atoms with Crippen LogP contribution in [0, 0.1) is 6.92 Å². The minimum absolute atomic E-state index is 0. The molecule has 0 atom stereocenters. The van der Waals surface area contributed by atoms with Crippen LogP contribution < -0.4 is 15.5 Å². The first-order valence-corrected chi connectivity index (χ1v) is 10.4. The summed E-state index contributed by atoms with van der Waals surface area (Å²) < 4.78 is 0. The van der Waals surface area contributed by atoms with Gasteiger partial charge in [-0.25, -0.2) is 9.98 Å². The molecule has 1 aliphatic heterocycles. The van der Waals surface area contributed by atoms with Gasteiger partial charge in [0, 0.05) is 38.0 Å². The number of nitrogens with zero attached hydrogens (tertiary/aromatic N) is 3. The monoisotopic (exact) mass is 499 g/mol. The van der Waals surface area contributed by atoms with Gasteiger partial charge in [0.15, 0.2) is 11.1 Å². The van der Waals surface area contributed by atoms with Crippen molar-refractivity contribution in [1.29, 1.82) is 0 Å². The molecule has 0 bridgehead atoms. The van der Waals surface area contributed by atoms with E-state index in [1.807, 2.05) is 0 Å². The summed E-state index contributed by atoms with van der Waals surface area (Å²) >= 11 is 1.77. The SMILES string of the molecule is CCNC(=NCc1ccccc1C)NCCc1csc(N2CCCC2)n1.I. The van der Waals surface area contributed by atoms with Gasteiger partial charge < -0.3 is 15.5 Å². The summed E-state index contributed by atoms with van der Waals surface area (Å²) in [7, 11) is 0. The van der Waals surface area contributed by atoms with E-state index in [1.54, 1.807) is 11.3 Å². The molecule has 1 aliphatic rings. The van der Waals surface area contributed by atoms with E-state index in [2.05, 4.69) is 59.0 Å². The number of anilines is 1.